The van der Waals surface area contributed by atoms with Crippen molar-refractivity contribution in [2.24, 2.45) is 5.73 Å². The van der Waals surface area contributed by atoms with Gasteiger partial charge in [0.05, 0.1) is 12.5 Å². The van der Waals surface area contributed by atoms with E-state index in [-0.39, 0.29) is 18.7 Å². The molecule has 0 saturated carbocycles. The van der Waals surface area contributed by atoms with E-state index in [1.54, 1.807) is 22.6 Å². The third-order valence-corrected chi connectivity index (χ3v) is 3.12. The number of nitriles is 1. The molecular weight excluding hydrogens is 315 g/mol. The van der Waals surface area contributed by atoms with Gasteiger partial charge in [-0.25, -0.2) is 8.78 Å². The number of pyridine rings is 1. The molecule has 0 fully saturated rings. The van der Waals surface area contributed by atoms with Crippen LogP contribution in [0.2, 0.25) is 0 Å². The standard InChI is InChI=1S/C9H8F2IN3/c10-9(11)8-7(12)6(1-2-13)5(3-14)4-15-8/h4,9H,1,3,14H2. The van der Waals surface area contributed by atoms with Crippen molar-refractivity contribution >= 4 is 22.6 Å². The van der Waals surface area contributed by atoms with Crippen LogP contribution in [0.25, 0.3) is 0 Å². The predicted octanol–water partition coefficient (Wildman–Crippen LogP) is 2.15. The van der Waals surface area contributed by atoms with Crippen molar-refractivity contribution < 1.29 is 8.78 Å². The molecule has 0 aliphatic rings. The number of halogens is 3. The molecule has 0 aliphatic carbocycles. The van der Waals surface area contributed by atoms with Gasteiger partial charge in [0.25, 0.3) is 6.43 Å². The highest BCUT2D eigenvalue weighted by Crippen LogP contribution is 2.27. The van der Waals surface area contributed by atoms with Gasteiger partial charge >= 0.3 is 0 Å². The van der Waals surface area contributed by atoms with Crippen LogP contribution in [0, 0.1) is 14.9 Å². The molecule has 1 heterocycles. The molecule has 0 unspecified atom stereocenters. The number of alkyl halides is 2. The first-order valence-electron chi connectivity index (χ1n) is 4.13. The van der Waals surface area contributed by atoms with Crippen LogP contribution in [0.5, 0.6) is 0 Å². The van der Waals surface area contributed by atoms with E-state index < -0.39 is 6.43 Å². The van der Waals surface area contributed by atoms with Crippen molar-refractivity contribution in [2.75, 3.05) is 0 Å². The maximum atomic E-state index is 12.5. The van der Waals surface area contributed by atoms with Crippen LogP contribution in [-0.2, 0) is 13.0 Å². The van der Waals surface area contributed by atoms with Crippen LogP contribution in [-0.4, -0.2) is 4.98 Å². The van der Waals surface area contributed by atoms with Gasteiger partial charge in [-0.3, -0.25) is 4.98 Å². The molecule has 0 aromatic carbocycles. The normalized spacial score (nSPS) is 10.4. The number of nitrogens with two attached hydrogens (primary N) is 1. The summed E-state index contributed by atoms with van der Waals surface area (Å²) in [6, 6.07) is 1.93. The van der Waals surface area contributed by atoms with Gasteiger partial charge in [0, 0.05) is 16.3 Å². The van der Waals surface area contributed by atoms with Gasteiger partial charge < -0.3 is 5.73 Å². The molecule has 1 aromatic rings. The smallest absolute Gasteiger partial charge is 0.281 e. The summed E-state index contributed by atoms with van der Waals surface area (Å²) in [6.45, 7) is 0.198. The maximum absolute atomic E-state index is 12.5. The first kappa shape index (κ1) is 12.3. The number of nitrogens with zero attached hydrogens (tertiary/aromatic N) is 2. The van der Waals surface area contributed by atoms with E-state index in [0.717, 1.165) is 0 Å². The highest BCUT2D eigenvalue weighted by atomic mass is 127. The molecule has 0 amide bonds. The number of hydrogen-bond donors (Lipinski definition) is 1. The second-order valence-corrected chi connectivity index (χ2v) is 3.88. The first-order valence-corrected chi connectivity index (χ1v) is 5.21. The Hall–Kier alpha value is -0.810. The quantitative estimate of drug-likeness (QED) is 0.867. The van der Waals surface area contributed by atoms with Crippen LogP contribution in [0.3, 0.4) is 0 Å². The summed E-state index contributed by atoms with van der Waals surface area (Å²) >= 11 is 1.78. The Kier molecular flexibility index (Phi) is 4.35. The molecule has 0 saturated heterocycles. The summed E-state index contributed by atoms with van der Waals surface area (Å²) in [5.41, 5.74) is 6.36. The first-order chi connectivity index (χ1) is 7.11. The fourth-order valence-electron chi connectivity index (χ4n) is 1.18. The minimum absolute atomic E-state index is 0.0764. The highest BCUT2D eigenvalue weighted by Gasteiger charge is 2.18. The third kappa shape index (κ3) is 2.60. The Bertz CT molecular complexity index is 401. The molecule has 2 N–H and O–H groups in total. The Balaban J connectivity index is 3.30. The largest absolute Gasteiger partial charge is 0.326 e. The Morgan fingerprint density at radius 1 is 1.60 bits per heavy atom. The summed E-state index contributed by atoms with van der Waals surface area (Å²) in [7, 11) is 0. The van der Waals surface area contributed by atoms with E-state index in [0.29, 0.717) is 14.7 Å². The molecule has 0 aliphatic heterocycles. The highest BCUT2D eigenvalue weighted by molar-refractivity contribution is 14.1. The summed E-state index contributed by atoms with van der Waals surface area (Å²) in [4.78, 5) is 3.64. The summed E-state index contributed by atoms with van der Waals surface area (Å²) in [5, 5.41) is 8.59. The molecule has 0 radical (unpaired) electrons. The van der Waals surface area contributed by atoms with Gasteiger partial charge in [-0.2, -0.15) is 5.26 Å². The molecule has 80 valence electrons. The molecule has 0 spiro atoms. The van der Waals surface area contributed by atoms with Crippen LogP contribution in [0.15, 0.2) is 6.20 Å². The molecular formula is C9H8F2IN3. The lowest BCUT2D eigenvalue weighted by Gasteiger charge is -2.10. The lowest BCUT2D eigenvalue weighted by atomic mass is 10.1. The lowest BCUT2D eigenvalue weighted by Crippen LogP contribution is -2.08. The Labute approximate surface area is 99.4 Å². The van der Waals surface area contributed by atoms with Crippen LogP contribution < -0.4 is 5.73 Å². The van der Waals surface area contributed by atoms with Crippen molar-refractivity contribution in [2.45, 2.75) is 19.4 Å². The predicted molar refractivity (Wildman–Crippen MR) is 59.1 cm³/mol. The van der Waals surface area contributed by atoms with E-state index in [9.17, 15) is 8.78 Å². The summed E-state index contributed by atoms with van der Waals surface area (Å²) in [5.74, 6) is 0. The van der Waals surface area contributed by atoms with Crippen molar-refractivity contribution in [3.63, 3.8) is 0 Å². The van der Waals surface area contributed by atoms with Gasteiger partial charge in [-0.1, -0.05) is 0 Å². The van der Waals surface area contributed by atoms with Gasteiger partial charge in [0.1, 0.15) is 5.69 Å². The van der Waals surface area contributed by atoms with Gasteiger partial charge in [0.2, 0.25) is 0 Å². The van der Waals surface area contributed by atoms with Gasteiger partial charge in [0.15, 0.2) is 0 Å². The SMILES string of the molecule is N#CCc1c(CN)cnc(C(F)F)c1I. The average Bonchev–Trinajstić information content (AvgIpc) is 2.20. The fraction of sp³-hybridized carbons (Fsp3) is 0.333. The third-order valence-electron chi connectivity index (χ3n) is 1.92. The van der Waals surface area contributed by atoms with Crippen LogP contribution in [0.1, 0.15) is 23.2 Å². The van der Waals surface area contributed by atoms with E-state index >= 15 is 0 Å². The van der Waals surface area contributed by atoms with E-state index in [1.165, 1.54) is 6.20 Å². The fourth-order valence-corrected chi connectivity index (χ4v) is 2.09. The zero-order valence-electron chi connectivity index (χ0n) is 7.67. The average molecular weight is 323 g/mol. The van der Waals surface area contributed by atoms with Crippen molar-refractivity contribution in [1.82, 2.24) is 4.98 Å². The van der Waals surface area contributed by atoms with Crippen LogP contribution in [0.4, 0.5) is 8.78 Å². The topological polar surface area (TPSA) is 62.7 Å². The zero-order chi connectivity index (χ0) is 11.4. The number of aromatic nitrogens is 1. The van der Waals surface area contributed by atoms with Gasteiger partial charge in [-0.15, -0.1) is 0 Å². The lowest BCUT2D eigenvalue weighted by molar-refractivity contribution is 0.145. The minimum atomic E-state index is -2.62. The summed E-state index contributed by atoms with van der Waals surface area (Å²) < 4.78 is 25.3. The molecule has 3 nitrogen and oxygen atoms in total. The number of hydrogen-bond acceptors (Lipinski definition) is 3. The van der Waals surface area contributed by atoms with Crippen molar-refractivity contribution in [3.8, 4) is 6.07 Å². The van der Waals surface area contributed by atoms with Crippen molar-refractivity contribution in [1.29, 1.82) is 5.26 Å². The second-order valence-electron chi connectivity index (χ2n) is 2.80. The molecule has 0 atom stereocenters. The van der Waals surface area contributed by atoms with Crippen LogP contribution >= 0.6 is 22.6 Å². The zero-order valence-corrected chi connectivity index (χ0v) is 9.83. The molecule has 0 bridgehead atoms. The second kappa shape index (κ2) is 5.32. The summed E-state index contributed by atoms with van der Waals surface area (Å²) in [6.07, 6.45) is -1.23. The number of rotatable bonds is 3. The molecule has 15 heavy (non-hydrogen) atoms. The van der Waals surface area contributed by atoms with Crippen molar-refractivity contribution in [3.05, 3.63) is 26.6 Å². The van der Waals surface area contributed by atoms with E-state index in [1.807, 2.05) is 6.07 Å². The Morgan fingerprint density at radius 3 is 2.73 bits per heavy atom. The monoisotopic (exact) mass is 323 g/mol. The maximum Gasteiger partial charge on any atom is 0.281 e. The van der Waals surface area contributed by atoms with Gasteiger partial charge in [-0.05, 0) is 33.7 Å². The molecule has 6 heteroatoms. The van der Waals surface area contributed by atoms with E-state index in [2.05, 4.69) is 4.98 Å². The molecule has 1 rings (SSSR count). The Morgan fingerprint density at radius 2 is 2.27 bits per heavy atom. The molecule has 1 aromatic heterocycles. The minimum Gasteiger partial charge on any atom is -0.326 e. The van der Waals surface area contributed by atoms with E-state index in [4.69, 9.17) is 11.0 Å².